The van der Waals surface area contributed by atoms with E-state index in [0.29, 0.717) is 23.9 Å². The van der Waals surface area contributed by atoms with Gasteiger partial charge in [-0.2, -0.15) is 0 Å². The molecule has 0 saturated carbocycles. The summed E-state index contributed by atoms with van der Waals surface area (Å²) in [5, 5.41) is 13.9. The molecule has 9 heteroatoms. The Morgan fingerprint density at radius 3 is 1.45 bits per heavy atom. The number of likely N-dealkylation sites (N-methyl/N-ethyl adjacent to an activating group) is 1. The van der Waals surface area contributed by atoms with Crippen LogP contribution >= 0.6 is 7.82 Å². The van der Waals surface area contributed by atoms with Gasteiger partial charge in [-0.05, 0) is 38.5 Å². The van der Waals surface area contributed by atoms with Crippen LogP contribution in [-0.4, -0.2) is 73.4 Å². The van der Waals surface area contributed by atoms with Gasteiger partial charge in [0, 0.05) is 6.42 Å². The fourth-order valence-electron chi connectivity index (χ4n) is 6.63. The molecule has 0 heterocycles. The van der Waals surface area contributed by atoms with Crippen LogP contribution in [0.15, 0.2) is 12.2 Å². The predicted octanol–water partition coefficient (Wildman–Crippen LogP) is 12.4. The van der Waals surface area contributed by atoms with Crippen molar-refractivity contribution in [3.05, 3.63) is 12.2 Å². The molecular weight excluding hydrogens is 683 g/mol. The first kappa shape index (κ1) is 52.2. The Hall–Kier alpha value is -0.760. The Labute approximate surface area is 329 Å². The minimum absolute atomic E-state index is 0.0722. The minimum Gasteiger partial charge on any atom is -0.391 e. The molecule has 0 saturated heterocycles. The van der Waals surface area contributed by atoms with Crippen LogP contribution in [0, 0.1) is 0 Å². The van der Waals surface area contributed by atoms with Gasteiger partial charge in [0.15, 0.2) is 0 Å². The molecule has 0 bridgehead atoms. The molecule has 1 unspecified atom stereocenters. The predicted molar refractivity (Wildman–Crippen MR) is 226 cm³/mol. The Morgan fingerprint density at radius 2 is 1.02 bits per heavy atom. The summed E-state index contributed by atoms with van der Waals surface area (Å²) >= 11 is 0. The Morgan fingerprint density at radius 1 is 0.623 bits per heavy atom. The van der Waals surface area contributed by atoms with Crippen LogP contribution in [0.25, 0.3) is 0 Å². The molecule has 0 spiro atoms. The number of phosphoric acid groups is 1. The van der Waals surface area contributed by atoms with Crippen LogP contribution in [0.2, 0.25) is 0 Å². The first-order chi connectivity index (χ1) is 25.5. The molecule has 0 rings (SSSR count). The third-order valence-corrected chi connectivity index (χ3v) is 11.2. The van der Waals surface area contributed by atoms with Gasteiger partial charge in [0.25, 0.3) is 0 Å². The first-order valence-corrected chi connectivity index (χ1v) is 24.0. The number of unbranched alkanes of at least 4 members (excludes halogenated alkanes) is 26. The molecule has 3 N–H and O–H groups in total. The lowest BCUT2D eigenvalue weighted by atomic mass is 10.0. The van der Waals surface area contributed by atoms with Crippen LogP contribution in [0.1, 0.15) is 213 Å². The highest BCUT2D eigenvalue weighted by Gasteiger charge is 2.28. The van der Waals surface area contributed by atoms with Gasteiger partial charge in [-0.1, -0.05) is 180 Å². The highest BCUT2D eigenvalue weighted by Crippen LogP contribution is 2.43. The van der Waals surface area contributed by atoms with Gasteiger partial charge in [0.2, 0.25) is 5.91 Å². The van der Waals surface area contributed by atoms with E-state index in [0.717, 1.165) is 44.9 Å². The molecular formula is C44H90N2O6P+. The Balaban J connectivity index is 4.36. The number of hydrogen-bond acceptors (Lipinski definition) is 5. The lowest BCUT2D eigenvalue weighted by Gasteiger charge is -2.26. The molecule has 0 fully saturated rings. The van der Waals surface area contributed by atoms with Gasteiger partial charge in [-0.25, -0.2) is 4.57 Å². The van der Waals surface area contributed by atoms with Crippen molar-refractivity contribution in [1.29, 1.82) is 0 Å². The van der Waals surface area contributed by atoms with E-state index in [1.54, 1.807) is 0 Å². The zero-order valence-corrected chi connectivity index (χ0v) is 36.7. The molecule has 0 aliphatic rings. The van der Waals surface area contributed by atoms with Crippen LogP contribution in [-0.2, 0) is 18.4 Å². The number of amides is 1. The van der Waals surface area contributed by atoms with Crippen molar-refractivity contribution in [2.24, 2.45) is 0 Å². The number of aliphatic hydroxyl groups excluding tert-OH is 1. The molecule has 0 aromatic carbocycles. The average molecular weight is 774 g/mol. The van der Waals surface area contributed by atoms with Gasteiger partial charge in [0.1, 0.15) is 13.2 Å². The lowest BCUT2D eigenvalue weighted by molar-refractivity contribution is -0.870. The lowest BCUT2D eigenvalue weighted by Crippen LogP contribution is -2.46. The standard InChI is InChI=1S/C44H89N2O6P/c1-6-8-10-12-14-16-18-20-22-23-24-26-28-30-32-34-36-38-44(48)45-42(41-52-53(49,50)51-40-39-46(3,4)5)43(47)37-35-33-31-29-27-25-21-19-17-15-13-11-9-7-2/h27,29,42-43,47H,6-26,28,30-41H2,1-5H3,(H-,45,48,49,50)/p+1/b29-27+/t42-,43+/m0/s1. The molecule has 53 heavy (non-hydrogen) atoms. The van der Waals surface area contributed by atoms with E-state index in [9.17, 15) is 19.4 Å². The topological polar surface area (TPSA) is 105 Å². The van der Waals surface area contributed by atoms with E-state index < -0.39 is 20.0 Å². The maximum atomic E-state index is 12.9. The summed E-state index contributed by atoms with van der Waals surface area (Å²) in [4.78, 5) is 23.1. The Bertz CT molecular complexity index is 880. The monoisotopic (exact) mass is 774 g/mol. The summed E-state index contributed by atoms with van der Waals surface area (Å²) in [6, 6.07) is -0.770. The summed E-state index contributed by atoms with van der Waals surface area (Å²) in [6.07, 6.45) is 40.9. The molecule has 0 aromatic rings. The zero-order valence-electron chi connectivity index (χ0n) is 35.8. The number of hydrogen-bond donors (Lipinski definition) is 3. The SMILES string of the molecule is CCCCCCCCCC/C=C/CCCC[C@@H](O)[C@H](COP(=O)(O)OCC[N+](C)(C)C)NC(=O)CCCCCCCCCCCCCCCCCCC. The molecule has 0 radical (unpaired) electrons. The molecule has 8 nitrogen and oxygen atoms in total. The summed E-state index contributed by atoms with van der Waals surface area (Å²) in [5.74, 6) is -0.152. The largest absolute Gasteiger partial charge is 0.472 e. The first-order valence-electron chi connectivity index (χ1n) is 22.6. The number of carbonyl (C=O) groups excluding carboxylic acids is 1. The number of phosphoric ester groups is 1. The van der Waals surface area contributed by atoms with Crippen molar-refractivity contribution in [1.82, 2.24) is 5.32 Å². The molecule has 3 atom stereocenters. The van der Waals surface area contributed by atoms with Gasteiger partial charge < -0.3 is 19.8 Å². The van der Waals surface area contributed by atoms with E-state index in [2.05, 4.69) is 31.3 Å². The fraction of sp³-hybridized carbons (Fsp3) is 0.932. The molecule has 0 aliphatic carbocycles. The molecule has 0 aromatic heterocycles. The van der Waals surface area contributed by atoms with E-state index in [4.69, 9.17) is 9.05 Å². The number of carbonyl (C=O) groups is 1. The maximum Gasteiger partial charge on any atom is 0.472 e. The van der Waals surface area contributed by atoms with Crippen LogP contribution in [0.3, 0.4) is 0 Å². The van der Waals surface area contributed by atoms with Crippen molar-refractivity contribution in [2.75, 3.05) is 40.9 Å². The average Bonchev–Trinajstić information content (AvgIpc) is 3.10. The number of quaternary nitrogens is 1. The van der Waals surface area contributed by atoms with E-state index in [1.807, 2.05) is 21.1 Å². The third-order valence-electron chi connectivity index (χ3n) is 10.3. The summed E-state index contributed by atoms with van der Waals surface area (Å²) in [5.41, 5.74) is 0. The van der Waals surface area contributed by atoms with Crippen molar-refractivity contribution in [3.63, 3.8) is 0 Å². The summed E-state index contributed by atoms with van der Waals surface area (Å²) < 4.78 is 23.6. The summed E-state index contributed by atoms with van der Waals surface area (Å²) in [6.45, 7) is 4.87. The number of aliphatic hydroxyl groups is 1. The third kappa shape index (κ3) is 39.3. The van der Waals surface area contributed by atoms with E-state index in [1.165, 1.54) is 141 Å². The smallest absolute Gasteiger partial charge is 0.391 e. The highest BCUT2D eigenvalue weighted by atomic mass is 31.2. The van der Waals surface area contributed by atoms with Crippen LogP contribution < -0.4 is 5.32 Å². The normalized spacial score (nSPS) is 14.5. The number of nitrogens with one attached hydrogen (secondary N) is 1. The van der Waals surface area contributed by atoms with E-state index in [-0.39, 0.29) is 19.1 Å². The van der Waals surface area contributed by atoms with E-state index >= 15 is 0 Å². The van der Waals surface area contributed by atoms with Crippen molar-refractivity contribution >= 4 is 13.7 Å². The molecule has 1 amide bonds. The number of allylic oxidation sites excluding steroid dienone is 2. The molecule has 0 aliphatic heterocycles. The second kappa shape index (κ2) is 36.9. The Kier molecular flexibility index (Phi) is 36.3. The van der Waals surface area contributed by atoms with Crippen LogP contribution in [0.5, 0.6) is 0 Å². The van der Waals surface area contributed by atoms with Crippen molar-refractivity contribution < 1.29 is 32.9 Å². The quantitative estimate of drug-likeness (QED) is 0.0247. The highest BCUT2D eigenvalue weighted by molar-refractivity contribution is 7.47. The fourth-order valence-corrected chi connectivity index (χ4v) is 7.36. The van der Waals surface area contributed by atoms with Crippen molar-refractivity contribution in [3.8, 4) is 0 Å². The maximum absolute atomic E-state index is 12.9. The number of nitrogens with zero attached hydrogens (tertiary/aromatic N) is 1. The van der Waals surface area contributed by atoms with Gasteiger partial charge >= 0.3 is 7.82 Å². The second-order valence-corrected chi connectivity index (χ2v) is 18.2. The minimum atomic E-state index is -4.31. The summed E-state index contributed by atoms with van der Waals surface area (Å²) in [7, 11) is 1.61. The van der Waals surface area contributed by atoms with Gasteiger partial charge in [-0.3, -0.25) is 13.8 Å². The zero-order chi connectivity index (χ0) is 39.3. The number of rotatable bonds is 41. The van der Waals surface area contributed by atoms with Gasteiger partial charge in [0.05, 0.1) is 39.9 Å². The van der Waals surface area contributed by atoms with Gasteiger partial charge in [-0.15, -0.1) is 0 Å². The van der Waals surface area contributed by atoms with Crippen molar-refractivity contribution in [2.45, 2.75) is 225 Å². The van der Waals surface area contributed by atoms with Crippen LogP contribution in [0.4, 0.5) is 0 Å². The molecule has 316 valence electrons. The second-order valence-electron chi connectivity index (χ2n) is 16.8.